The number of nitrogens with one attached hydrogen (secondary N) is 1. The van der Waals surface area contributed by atoms with Crippen molar-refractivity contribution in [3.05, 3.63) is 10.6 Å². The number of nitrogens with zero attached hydrogens (tertiary/aromatic N) is 2. The molecule has 0 saturated heterocycles. The van der Waals surface area contributed by atoms with Crippen LogP contribution in [0.5, 0.6) is 0 Å². The highest BCUT2D eigenvalue weighted by Gasteiger charge is 2.24. The van der Waals surface area contributed by atoms with Gasteiger partial charge >= 0.3 is 0 Å². The maximum Gasteiger partial charge on any atom is 0.263 e. The van der Waals surface area contributed by atoms with Crippen molar-refractivity contribution in [3.63, 3.8) is 0 Å². The Balaban J connectivity index is 2.44. The molecule has 0 bridgehead atoms. The third-order valence-electron chi connectivity index (χ3n) is 3.42. The molecule has 2 heterocycles. The van der Waals surface area contributed by atoms with E-state index in [4.69, 9.17) is 5.73 Å². The van der Waals surface area contributed by atoms with E-state index >= 15 is 0 Å². The number of hydrogen-bond acceptors (Lipinski definition) is 4. The molecule has 5 nitrogen and oxygen atoms in total. The lowest BCUT2D eigenvalue weighted by Crippen LogP contribution is -2.42. The van der Waals surface area contributed by atoms with Gasteiger partial charge in [-0.2, -0.15) is 5.10 Å². The Hall–Kier alpha value is -1.56. The first-order chi connectivity index (χ1) is 8.76. The molecule has 0 radical (unpaired) electrons. The van der Waals surface area contributed by atoms with Crippen LogP contribution >= 0.6 is 11.3 Å². The minimum atomic E-state index is -0.229. The quantitative estimate of drug-likeness (QED) is 0.907. The molecular weight excluding hydrogens is 260 g/mol. The van der Waals surface area contributed by atoms with Crippen molar-refractivity contribution in [2.45, 2.75) is 39.7 Å². The molecular formula is C13H20N4OS. The third-order valence-corrected chi connectivity index (χ3v) is 4.70. The third kappa shape index (κ3) is 2.32. The Labute approximate surface area is 116 Å². The molecule has 2 rings (SSSR count). The number of nitrogen functional groups attached to an aromatic ring is 1. The molecule has 19 heavy (non-hydrogen) atoms. The molecule has 0 saturated carbocycles. The summed E-state index contributed by atoms with van der Waals surface area (Å²) in [6, 6.07) is 0. The fourth-order valence-corrected chi connectivity index (χ4v) is 3.03. The van der Waals surface area contributed by atoms with Gasteiger partial charge in [0.05, 0.1) is 16.8 Å². The predicted octanol–water partition coefficient (Wildman–Crippen LogP) is 2.44. The number of aryl methyl sites for hydroxylation is 2. The van der Waals surface area contributed by atoms with E-state index in [1.54, 1.807) is 4.68 Å². The van der Waals surface area contributed by atoms with Crippen LogP contribution in [0.4, 0.5) is 5.69 Å². The summed E-state index contributed by atoms with van der Waals surface area (Å²) in [7, 11) is 1.86. The number of amides is 1. The van der Waals surface area contributed by atoms with Crippen molar-refractivity contribution in [1.82, 2.24) is 15.1 Å². The highest BCUT2D eigenvalue weighted by Crippen LogP contribution is 2.35. The fourth-order valence-electron chi connectivity index (χ4n) is 1.95. The van der Waals surface area contributed by atoms with Gasteiger partial charge in [0.25, 0.3) is 5.91 Å². The Bertz CT molecular complexity index is 639. The molecule has 0 fully saturated rings. The Kier molecular flexibility index (Phi) is 3.30. The van der Waals surface area contributed by atoms with E-state index in [1.165, 1.54) is 11.3 Å². The molecule has 2 aromatic heterocycles. The zero-order valence-electron chi connectivity index (χ0n) is 12.0. The van der Waals surface area contributed by atoms with Crippen LogP contribution in [0.1, 0.15) is 42.6 Å². The highest BCUT2D eigenvalue weighted by molar-refractivity contribution is 7.21. The molecule has 0 aliphatic heterocycles. The second-order valence-corrected chi connectivity index (χ2v) is 6.42. The number of hydrogen-bond donors (Lipinski definition) is 2. The lowest BCUT2D eigenvalue weighted by Gasteiger charge is -2.24. The van der Waals surface area contributed by atoms with Crippen molar-refractivity contribution < 1.29 is 4.79 Å². The molecule has 1 amide bonds. The van der Waals surface area contributed by atoms with Gasteiger partial charge in [-0.15, -0.1) is 11.3 Å². The average Bonchev–Trinajstić information content (AvgIpc) is 2.79. The summed E-state index contributed by atoms with van der Waals surface area (Å²) in [4.78, 5) is 13.8. The van der Waals surface area contributed by atoms with Gasteiger partial charge in [-0.05, 0) is 27.2 Å². The molecule has 3 N–H and O–H groups in total. The zero-order chi connectivity index (χ0) is 14.4. The van der Waals surface area contributed by atoms with Crippen LogP contribution in [0.3, 0.4) is 0 Å². The molecule has 0 aromatic carbocycles. The smallest absolute Gasteiger partial charge is 0.263 e. The Morgan fingerprint density at radius 1 is 1.53 bits per heavy atom. The zero-order valence-corrected chi connectivity index (χ0v) is 12.8. The summed E-state index contributed by atoms with van der Waals surface area (Å²) in [5.41, 5.74) is 7.28. The molecule has 104 valence electrons. The second kappa shape index (κ2) is 4.52. The summed E-state index contributed by atoms with van der Waals surface area (Å²) < 4.78 is 1.77. The molecule has 6 heteroatoms. The van der Waals surface area contributed by atoms with Crippen LogP contribution < -0.4 is 11.1 Å². The van der Waals surface area contributed by atoms with E-state index in [1.807, 2.05) is 34.7 Å². The SMILES string of the molecule is CCC(C)(C)NC(=O)c1sc2c(c(C)nn2C)c1N. The van der Waals surface area contributed by atoms with E-state index in [9.17, 15) is 4.79 Å². The van der Waals surface area contributed by atoms with Gasteiger partial charge in [-0.25, -0.2) is 0 Å². The van der Waals surface area contributed by atoms with Crippen LogP contribution in [0.15, 0.2) is 0 Å². The molecule has 2 aromatic rings. The summed E-state index contributed by atoms with van der Waals surface area (Å²) in [6.45, 7) is 7.95. The monoisotopic (exact) mass is 280 g/mol. The molecule has 0 spiro atoms. The van der Waals surface area contributed by atoms with Gasteiger partial charge in [0, 0.05) is 12.6 Å². The Morgan fingerprint density at radius 2 is 2.16 bits per heavy atom. The van der Waals surface area contributed by atoms with Crippen molar-refractivity contribution in [2.75, 3.05) is 5.73 Å². The van der Waals surface area contributed by atoms with Crippen molar-refractivity contribution >= 4 is 33.1 Å². The number of rotatable bonds is 3. The summed E-state index contributed by atoms with van der Waals surface area (Å²) >= 11 is 1.39. The van der Waals surface area contributed by atoms with Crippen LogP contribution in [-0.2, 0) is 7.05 Å². The maximum absolute atomic E-state index is 12.3. The Morgan fingerprint density at radius 3 is 2.68 bits per heavy atom. The summed E-state index contributed by atoms with van der Waals surface area (Å²) in [5.74, 6) is -0.107. The van der Waals surface area contributed by atoms with Crippen molar-refractivity contribution in [2.24, 2.45) is 7.05 Å². The van der Waals surface area contributed by atoms with Crippen LogP contribution in [0.2, 0.25) is 0 Å². The van der Waals surface area contributed by atoms with Crippen LogP contribution in [-0.4, -0.2) is 21.2 Å². The molecule has 0 aliphatic rings. The molecule has 0 atom stereocenters. The van der Waals surface area contributed by atoms with Gasteiger partial charge in [0.2, 0.25) is 0 Å². The van der Waals surface area contributed by atoms with E-state index in [-0.39, 0.29) is 11.4 Å². The van der Waals surface area contributed by atoms with E-state index in [2.05, 4.69) is 10.4 Å². The number of aromatic nitrogens is 2. The predicted molar refractivity (Wildman–Crippen MR) is 79.6 cm³/mol. The lowest BCUT2D eigenvalue weighted by molar-refractivity contribution is 0.0916. The first-order valence-electron chi connectivity index (χ1n) is 6.31. The highest BCUT2D eigenvalue weighted by atomic mass is 32.1. The summed E-state index contributed by atoms with van der Waals surface area (Å²) in [6.07, 6.45) is 0.865. The normalized spacial score (nSPS) is 12.1. The fraction of sp³-hybridized carbons (Fsp3) is 0.538. The van der Waals surface area contributed by atoms with E-state index < -0.39 is 0 Å². The molecule has 0 aliphatic carbocycles. The lowest BCUT2D eigenvalue weighted by atomic mass is 10.0. The van der Waals surface area contributed by atoms with Crippen molar-refractivity contribution in [3.8, 4) is 0 Å². The van der Waals surface area contributed by atoms with Gasteiger partial charge in [0.15, 0.2) is 0 Å². The standard InChI is InChI=1S/C13H20N4OS/c1-6-13(3,4)15-11(18)10-9(14)8-7(2)16-17(5)12(8)19-10/h6,14H2,1-5H3,(H,15,18). The number of thiophene rings is 1. The van der Waals surface area contributed by atoms with Gasteiger partial charge in [0.1, 0.15) is 9.71 Å². The number of fused-ring (bicyclic) bond motifs is 1. The van der Waals surface area contributed by atoms with Gasteiger partial charge in [-0.3, -0.25) is 9.48 Å². The second-order valence-electron chi connectivity index (χ2n) is 5.43. The number of carbonyl (C=O) groups is 1. The first-order valence-corrected chi connectivity index (χ1v) is 7.12. The van der Waals surface area contributed by atoms with E-state index in [0.29, 0.717) is 10.6 Å². The number of nitrogens with two attached hydrogens (primary N) is 1. The van der Waals surface area contributed by atoms with Crippen LogP contribution in [0.25, 0.3) is 10.2 Å². The number of anilines is 1. The topological polar surface area (TPSA) is 72.9 Å². The van der Waals surface area contributed by atoms with Gasteiger partial charge < -0.3 is 11.1 Å². The van der Waals surface area contributed by atoms with Gasteiger partial charge in [-0.1, -0.05) is 6.92 Å². The minimum absolute atomic E-state index is 0.107. The largest absolute Gasteiger partial charge is 0.397 e. The van der Waals surface area contributed by atoms with E-state index in [0.717, 1.165) is 22.3 Å². The minimum Gasteiger partial charge on any atom is -0.397 e. The van der Waals surface area contributed by atoms with Crippen LogP contribution in [0, 0.1) is 6.92 Å². The molecule has 0 unspecified atom stereocenters. The number of carbonyl (C=O) groups excluding carboxylic acids is 1. The van der Waals surface area contributed by atoms with Crippen molar-refractivity contribution in [1.29, 1.82) is 0 Å². The first kappa shape index (κ1) is 13.9. The summed E-state index contributed by atoms with van der Waals surface area (Å²) in [5, 5.41) is 8.23. The maximum atomic E-state index is 12.3. The average molecular weight is 280 g/mol.